The highest BCUT2D eigenvalue weighted by Crippen LogP contribution is 2.37. The van der Waals surface area contributed by atoms with Crippen molar-refractivity contribution in [2.24, 2.45) is 16.7 Å². The van der Waals surface area contributed by atoms with Crippen molar-refractivity contribution >= 4 is 35.8 Å². The first-order valence-electron chi connectivity index (χ1n) is 14.4. The highest BCUT2D eigenvalue weighted by atomic mass is 16.6. The van der Waals surface area contributed by atoms with Crippen molar-refractivity contribution in [1.82, 2.24) is 0 Å². The van der Waals surface area contributed by atoms with Gasteiger partial charge in [-0.3, -0.25) is 28.8 Å². The Morgan fingerprint density at radius 1 is 0.596 bits per heavy atom. The zero-order valence-electron chi connectivity index (χ0n) is 27.4. The van der Waals surface area contributed by atoms with E-state index >= 15 is 0 Å². The predicted octanol–water partition coefficient (Wildman–Crippen LogP) is 2.92. The molecule has 0 aliphatic heterocycles. The van der Waals surface area contributed by atoms with Gasteiger partial charge in [-0.2, -0.15) is 0 Å². The number of carbonyl (C=O) groups is 6. The normalized spacial score (nSPS) is 11.0. The molecule has 47 heavy (non-hydrogen) atoms. The van der Waals surface area contributed by atoms with Gasteiger partial charge in [-0.1, -0.05) is 55.1 Å². The zero-order chi connectivity index (χ0) is 35.2. The molecule has 0 aliphatic carbocycles. The summed E-state index contributed by atoms with van der Waals surface area (Å²) in [6, 6.07) is 13.3. The lowest BCUT2D eigenvalue weighted by Gasteiger charge is -2.32. The fourth-order valence-electron chi connectivity index (χ4n) is 5.50. The first kappa shape index (κ1) is 38.0. The van der Waals surface area contributed by atoms with E-state index in [0.29, 0.717) is 22.3 Å². The second-order valence-electron chi connectivity index (χ2n) is 10.6. The van der Waals surface area contributed by atoms with Crippen LogP contribution in [0, 0.1) is 16.7 Å². The molecule has 0 fully saturated rings. The molecule has 0 saturated carbocycles. The van der Waals surface area contributed by atoms with Crippen molar-refractivity contribution in [2.45, 2.75) is 32.1 Å². The van der Waals surface area contributed by atoms with Crippen molar-refractivity contribution < 1.29 is 57.2 Å². The minimum Gasteiger partial charge on any atom is -0.468 e. The molecule has 2 aromatic carbocycles. The van der Waals surface area contributed by atoms with Gasteiger partial charge in [-0.15, -0.1) is 5.73 Å². The van der Waals surface area contributed by atoms with Crippen LogP contribution in [0.5, 0.6) is 0 Å². The van der Waals surface area contributed by atoms with Gasteiger partial charge in [0, 0.05) is 0 Å². The van der Waals surface area contributed by atoms with Gasteiger partial charge < -0.3 is 28.4 Å². The van der Waals surface area contributed by atoms with Crippen LogP contribution in [-0.2, 0) is 82.9 Å². The third-order valence-corrected chi connectivity index (χ3v) is 8.01. The third kappa shape index (κ3) is 8.53. The van der Waals surface area contributed by atoms with Crippen molar-refractivity contribution in [2.75, 3.05) is 42.7 Å². The second kappa shape index (κ2) is 17.5. The van der Waals surface area contributed by atoms with Crippen LogP contribution in [0.3, 0.4) is 0 Å². The molecule has 0 unspecified atom stereocenters. The predicted molar refractivity (Wildman–Crippen MR) is 166 cm³/mol. The molecule has 0 saturated heterocycles. The molecule has 12 nitrogen and oxygen atoms in total. The summed E-state index contributed by atoms with van der Waals surface area (Å²) in [4.78, 5) is 78.6. The molecule has 252 valence electrons. The molecule has 2 aromatic rings. The molecule has 0 heterocycles. The van der Waals surface area contributed by atoms with E-state index < -0.39 is 52.6 Å². The number of hydrogen-bond acceptors (Lipinski definition) is 12. The van der Waals surface area contributed by atoms with E-state index in [9.17, 15) is 28.8 Å². The molecule has 2 rings (SSSR count). The quantitative estimate of drug-likeness (QED) is 0.113. The van der Waals surface area contributed by atoms with Crippen molar-refractivity contribution in [3.8, 4) is 0 Å². The number of esters is 6. The van der Waals surface area contributed by atoms with Crippen LogP contribution in [0.4, 0.5) is 0 Å². The SMILES string of the molecule is C=C=CCC(Cc1ccccc1CC(Cc1ccccc1CC(C(=O)OC)C(=O)OC)(C(=O)OC)C(=O)OC)(C(=O)OC)C(=O)OC. The van der Waals surface area contributed by atoms with Crippen LogP contribution < -0.4 is 0 Å². The van der Waals surface area contributed by atoms with Gasteiger partial charge in [0.25, 0.3) is 0 Å². The van der Waals surface area contributed by atoms with Gasteiger partial charge in [-0.05, 0) is 60.4 Å². The number of rotatable bonds is 16. The first-order chi connectivity index (χ1) is 22.4. The van der Waals surface area contributed by atoms with Gasteiger partial charge in [-0.25, -0.2) is 0 Å². The van der Waals surface area contributed by atoms with Crippen LogP contribution in [-0.4, -0.2) is 78.5 Å². The molecule has 0 aromatic heterocycles. The maximum atomic E-state index is 13.7. The van der Waals surface area contributed by atoms with Crippen LogP contribution in [0.2, 0.25) is 0 Å². The number of allylic oxidation sites excluding steroid dienone is 1. The van der Waals surface area contributed by atoms with E-state index in [0.717, 1.165) is 42.7 Å². The summed E-state index contributed by atoms with van der Waals surface area (Å²) in [5.41, 5.74) is 0.476. The van der Waals surface area contributed by atoms with Gasteiger partial charge in [0.05, 0.1) is 42.7 Å². The number of carbonyl (C=O) groups excluding carboxylic acids is 6. The summed E-state index contributed by atoms with van der Waals surface area (Å²) in [7, 11) is 6.83. The van der Waals surface area contributed by atoms with E-state index in [1.54, 1.807) is 48.5 Å². The summed E-state index contributed by atoms with van der Waals surface area (Å²) < 4.78 is 30.0. The van der Waals surface area contributed by atoms with E-state index in [4.69, 9.17) is 28.4 Å². The van der Waals surface area contributed by atoms with E-state index in [-0.39, 0.29) is 32.1 Å². The standard InChI is InChI=1S/C35H40O12/c1-8-9-18-34(30(38)44-4,31(39)45-5)20-25-16-12-13-17-26(25)22-35(32(40)46-6,33(41)47-7)21-24-15-11-10-14-23(24)19-27(28(36)42-2)29(37)43-3/h9-17,27H,1,18-22H2,2-7H3. The summed E-state index contributed by atoms with van der Waals surface area (Å²) in [6.07, 6.45) is 0.320. The Bertz CT molecular complexity index is 1470. The molecule has 0 N–H and O–H groups in total. The molecule has 0 bridgehead atoms. The van der Waals surface area contributed by atoms with Gasteiger partial charge in [0.1, 0.15) is 0 Å². The number of benzene rings is 2. The Kier molecular flexibility index (Phi) is 14.1. The number of ether oxygens (including phenoxy) is 6. The first-order valence-corrected chi connectivity index (χ1v) is 14.4. The van der Waals surface area contributed by atoms with Crippen LogP contribution in [0.15, 0.2) is 66.9 Å². The molecule has 0 atom stereocenters. The fraction of sp³-hybridized carbons (Fsp3) is 0.400. The lowest BCUT2D eigenvalue weighted by Crippen LogP contribution is -2.46. The van der Waals surface area contributed by atoms with E-state index in [2.05, 4.69) is 12.3 Å². The fourth-order valence-corrected chi connectivity index (χ4v) is 5.50. The van der Waals surface area contributed by atoms with Gasteiger partial charge in [0.2, 0.25) is 0 Å². The topological polar surface area (TPSA) is 158 Å². The maximum absolute atomic E-state index is 13.7. The third-order valence-electron chi connectivity index (χ3n) is 8.01. The van der Waals surface area contributed by atoms with E-state index in [1.807, 2.05) is 0 Å². The molecule has 0 aliphatic rings. The largest absolute Gasteiger partial charge is 0.468 e. The number of methoxy groups -OCH3 is 6. The average Bonchev–Trinajstić information content (AvgIpc) is 3.10. The van der Waals surface area contributed by atoms with E-state index in [1.165, 1.54) is 6.08 Å². The number of hydrogen-bond donors (Lipinski definition) is 0. The van der Waals surface area contributed by atoms with Crippen LogP contribution >= 0.6 is 0 Å². The molecular formula is C35H40O12. The minimum atomic E-state index is -2.00. The Labute approximate surface area is 273 Å². The lowest BCUT2D eigenvalue weighted by molar-refractivity contribution is -0.171. The molecule has 0 amide bonds. The highest BCUT2D eigenvalue weighted by molar-refractivity contribution is 6.02. The molecule has 0 radical (unpaired) electrons. The maximum Gasteiger partial charge on any atom is 0.323 e. The van der Waals surface area contributed by atoms with Crippen molar-refractivity contribution in [1.29, 1.82) is 0 Å². The average molecular weight is 653 g/mol. The molecule has 12 heteroatoms. The molecule has 0 spiro atoms. The summed E-state index contributed by atoms with van der Waals surface area (Å²) >= 11 is 0. The Morgan fingerprint density at radius 2 is 0.936 bits per heavy atom. The Morgan fingerprint density at radius 3 is 1.30 bits per heavy atom. The zero-order valence-corrected chi connectivity index (χ0v) is 27.4. The Balaban J connectivity index is 2.77. The summed E-state index contributed by atoms with van der Waals surface area (Å²) in [5, 5.41) is 0. The highest BCUT2D eigenvalue weighted by Gasteiger charge is 2.51. The molecular weight excluding hydrogens is 612 g/mol. The van der Waals surface area contributed by atoms with Crippen LogP contribution in [0.1, 0.15) is 28.7 Å². The smallest absolute Gasteiger partial charge is 0.323 e. The second-order valence-corrected chi connectivity index (χ2v) is 10.6. The van der Waals surface area contributed by atoms with Crippen LogP contribution in [0.25, 0.3) is 0 Å². The van der Waals surface area contributed by atoms with Gasteiger partial charge >= 0.3 is 35.8 Å². The lowest BCUT2D eigenvalue weighted by atomic mass is 9.72. The Hall–Kier alpha value is -5.22. The van der Waals surface area contributed by atoms with Crippen molar-refractivity contribution in [3.05, 3.63) is 89.2 Å². The summed E-state index contributed by atoms with van der Waals surface area (Å²) in [6.45, 7) is 3.52. The monoisotopic (exact) mass is 652 g/mol. The minimum absolute atomic E-state index is 0.151. The van der Waals surface area contributed by atoms with Crippen molar-refractivity contribution in [3.63, 3.8) is 0 Å². The summed E-state index contributed by atoms with van der Waals surface area (Å²) in [5.74, 6) is -6.53. The van der Waals surface area contributed by atoms with Gasteiger partial charge in [0.15, 0.2) is 16.7 Å².